The first-order chi connectivity index (χ1) is 19.2. The SMILES string of the molecule is CCCCCCCCCCCCO[C@H]1O[C@H]([C@H](C)NC(=O)c2cc(OC)c(OC)c(OC)c2)[C@@H]2OC(C)(C)O[C@H]12. The summed E-state index contributed by atoms with van der Waals surface area (Å²) in [5.41, 5.74) is 0.383. The molecule has 0 radical (unpaired) electrons. The van der Waals surface area contributed by atoms with Crippen LogP contribution in [0.4, 0.5) is 0 Å². The van der Waals surface area contributed by atoms with Crippen LogP contribution in [0, 0.1) is 0 Å². The average molecular weight is 566 g/mol. The van der Waals surface area contributed by atoms with Crippen LogP contribution in [0.5, 0.6) is 17.2 Å². The molecule has 0 unspecified atom stereocenters. The number of ether oxygens (including phenoxy) is 7. The van der Waals surface area contributed by atoms with Gasteiger partial charge in [0.15, 0.2) is 23.6 Å². The summed E-state index contributed by atoms with van der Waals surface area (Å²) in [6.07, 6.45) is 11.0. The van der Waals surface area contributed by atoms with E-state index in [1.165, 1.54) is 72.7 Å². The van der Waals surface area contributed by atoms with Gasteiger partial charge in [-0.05, 0) is 39.3 Å². The molecule has 2 saturated heterocycles. The summed E-state index contributed by atoms with van der Waals surface area (Å²) in [6, 6.07) is 2.87. The van der Waals surface area contributed by atoms with E-state index in [0.717, 1.165) is 12.8 Å². The number of methoxy groups -OCH3 is 3. The molecule has 1 N–H and O–H groups in total. The van der Waals surface area contributed by atoms with E-state index in [9.17, 15) is 4.79 Å². The minimum atomic E-state index is -0.753. The van der Waals surface area contributed by atoms with Gasteiger partial charge in [-0.15, -0.1) is 0 Å². The number of carbonyl (C=O) groups excluding carboxylic acids is 1. The highest BCUT2D eigenvalue weighted by molar-refractivity contribution is 5.95. The van der Waals surface area contributed by atoms with Gasteiger partial charge >= 0.3 is 0 Å². The largest absolute Gasteiger partial charge is 0.493 e. The summed E-state index contributed by atoms with van der Waals surface area (Å²) >= 11 is 0. The minimum absolute atomic E-state index is 0.292. The van der Waals surface area contributed by atoms with Crippen molar-refractivity contribution >= 4 is 5.91 Å². The lowest BCUT2D eigenvalue weighted by Gasteiger charge is -2.27. The highest BCUT2D eigenvalue weighted by Crippen LogP contribution is 2.41. The molecule has 1 aromatic carbocycles. The fourth-order valence-electron chi connectivity index (χ4n) is 5.50. The summed E-state index contributed by atoms with van der Waals surface area (Å²) in [5, 5.41) is 3.04. The summed E-state index contributed by atoms with van der Waals surface area (Å²) < 4.78 is 41.0. The molecule has 1 aromatic rings. The van der Waals surface area contributed by atoms with Crippen molar-refractivity contribution in [2.45, 2.75) is 128 Å². The van der Waals surface area contributed by atoms with Crippen molar-refractivity contribution in [3.63, 3.8) is 0 Å². The van der Waals surface area contributed by atoms with Gasteiger partial charge in [0, 0.05) is 12.2 Å². The Balaban J connectivity index is 1.51. The van der Waals surface area contributed by atoms with Gasteiger partial charge in [-0.25, -0.2) is 0 Å². The topological polar surface area (TPSA) is 93.7 Å². The Bertz CT molecular complexity index is 898. The molecule has 40 heavy (non-hydrogen) atoms. The number of hydrogen-bond acceptors (Lipinski definition) is 8. The van der Waals surface area contributed by atoms with Crippen LogP contribution in [0.25, 0.3) is 0 Å². The smallest absolute Gasteiger partial charge is 0.251 e. The Morgan fingerprint density at radius 3 is 1.98 bits per heavy atom. The van der Waals surface area contributed by atoms with Crippen LogP contribution in [-0.2, 0) is 18.9 Å². The summed E-state index contributed by atoms with van der Waals surface area (Å²) in [7, 11) is 4.56. The zero-order valence-electron chi connectivity index (χ0n) is 25.6. The molecule has 2 aliphatic heterocycles. The van der Waals surface area contributed by atoms with Crippen LogP contribution in [0.1, 0.15) is 102 Å². The van der Waals surface area contributed by atoms with E-state index in [4.69, 9.17) is 33.2 Å². The second kappa shape index (κ2) is 15.8. The Labute approximate surface area is 240 Å². The molecule has 2 aliphatic rings. The van der Waals surface area contributed by atoms with Crippen LogP contribution in [0.15, 0.2) is 12.1 Å². The minimum Gasteiger partial charge on any atom is -0.493 e. The second-order valence-corrected chi connectivity index (χ2v) is 11.3. The molecule has 228 valence electrons. The number of fused-ring (bicyclic) bond motifs is 1. The second-order valence-electron chi connectivity index (χ2n) is 11.3. The third kappa shape index (κ3) is 8.71. The summed E-state index contributed by atoms with van der Waals surface area (Å²) in [5.74, 6) is 0.201. The highest BCUT2D eigenvalue weighted by Gasteiger charge is 2.57. The molecule has 9 heteroatoms. The number of rotatable bonds is 18. The van der Waals surface area contributed by atoms with E-state index in [-0.39, 0.29) is 24.2 Å². The molecule has 0 bridgehead atoms. The van der Waals surface area contributed by atoms with Crippen molar-refractivity contribution in [1.82, 2.24) is 5.32 Å². The van der Waals surface area contributed by atoms with Crippen molar-refractivity contribution in [1.29, 1.82) is 0 Å². The highest BCUT2D eigenvalue weighted by atomic mass is 16.8. The maximum absolute atomic E-state index is 13.2. The molecule has 3 rings (SSSR count). The van der Waals surface area contributed by atoms with Crippen molar-refractivity contribution in [2.75, 3.05) is 27.9 Å². The fourth-order valence-corrected chi connectivity index (χ4v) is 5.50. The van der Waals surface area contributed by atoms with Crippen molar-refractivity contribution in [3.05, 3.63) is 17.7 Å². The molecule has 1 amide bonds. The third-order valence-corrected chi connectivity index (χ3v) is 7.61. The Hall–Kier alpha value is -2.07. The molecule has 2 heterocycles. The Kier molecular flexibility index (Phi) is 12.8. The Morgan fingerprint density at radius 2 is 1.43 bits per heavy atom. The van der Waals surface area contributed by atoms with Gasteiger partial charge in [-0.3, -0.25) is 4.79 Å². The molecule has 2 fully saturated rings. The standard InChI is InChI=1S/C31H51NO8/c1-8-9-10-11-12-13-14-15-16-17-18-37-30-28-27(39-31(3,4)40-28)25(38-30)21(2)32-29(33)22-19-23(34-5)26(36-7)24(20-22)35-6/h19-21,25,27-28,30H,8-18H2,1-7H3,(H,32,33)/t21-,25+,27-,28-,30-/m0/s1. The van der Waals surface area contributed by atoms with Crippen LogP contribution < -0.4 is 19.5 Å². The average Bonchev–Trinajstić information content (AvgIpc) is 3.43. The predicted octanol–water partition coefficient (Wildman–Crippen LogP) is 6.01. The first kappa shape index (κ1) is 32.4. The summed E-state index contributed by atoms with van der Waals surface area (Å²) in [4.78, 5) is 13.2. The number of amides is 1. The third-order valence-electron chi connectivity index (χ3n) is 7.61. The lowest BCUT2D eigenvalue weighted by Crippen LogP contribution is -2.47. The van der Waals surface area contributed by atoms with Gasteiger partial charge in [0.05, 0.1) is 27.4 Å². The van der Waals surface area contributed by atoms with Gasteiger partial charge in [0.2, 0.25) is 5.75 Å². The number of hydrogen-bond donors (Lipinski definition) is 1. The lowest BCUT2D eigenvalue weighted by atomic mass is 10.0. The molecule has 0 spiro atoms. The maximum Gasteiger partial charge on any atom is 0.251 e. The van der Waals surface area contributed by atoms with E-state index in [2.05, 4.69) is 12.2 Å². The summed E-state index contributed by atoms with van der Waals surface area (Å²) in [6.45, 7) is 8.54. The van der Waals surface area contributed by atoms with Crippen LogP contribution >= 0.6 is 0 Å². The monoisotopic (exact) mass is 565 g/mol. The van der Waals surface area contributed by atoms with Gasteiger partial charge in [0.25, 0.3) is 5.91 Å². The van der Waals surface area contributed by atoms with Gasteiger partial charge in [-0.2, -0.15) is 0 Å². The molecule has 0 saturated carbocycles. The molecule has 9 nitrogen and oxygen atoms in total. The van der Waals surface area contributed by atoms with E-state index < -0.39 is 18.2 Å². The van der Waals surface area contributed by atoms with Gasteiger partial charge in [-0.1, -0.05) is 64.7 Å². The maximum atomic E-state index is 13.2. The van der Waals surface area contributed by atoms with E-state index in [0.29, 0.717) is 29.4 Å². The van der Waals surface area contributed by atoms with Crippen molar-refractivity contribution in [3.8, 4) is 17.2 Å². The van der Waals surface area contributed by atoms with E-state index in [1.54, 1.807) is 12.1 Å². The van der Waals surface area contributed by atoms with Crippen molar-refractivity contribution in [2.24, 2.45) is 0 Å². The Morgan fingerprint density at radius 1 is 0.875 bits per heavy atom. The van der Waals surface area contributed by atoms with Crippen LogP contribution in [-0.4, -0.2) is 70.3 Å². The molecule has 5 atom stereocenters. The predicted molar refractivity (Wildman–Crippen MR) is 153 cm³/mol. The van der Waals surface area contributed by atoms with E-state index >= 15 is 0 Å². The van der Waals surface area contributed by atoms with Gasteiger partial charge in [0.1, 0.15) is 18.3 Å². The lowest BCUT2D eigenvalue weighted by molar-refractivity contribution is -0.235. The molecular weight excluding hydrogens is 514 g/mol. The zero-order valence-corrected chi connectivity index (χ0v) is 25.6. The van der Waals surface area contributed by atoms with E-state index in [1.807, 2.05) is 20.8 Å². The number of unbranched alkanes of at least 4 members (excludes halogenated alkanes) is 9. The number of nitrogens with one attached hydrogen (secondary N) is 1. The fraction of sp³-hybridized carbons (Fsp3) is 0.774. The first-order valence-corrected chi connectivity index (χ1v) is 15.0. The van der Waals surface area contributed by atoms with Gasteiger partial charge < -0.3 is 38.5 Å². The molecule has 0 aliphatic carbocycles. The number of carbonyl (C=O) groups is 1. The zero-order chi connectivity index (χ0) is 29.1. The quantitative estimate of drug-likeness (QED) is 0.216. The van der Waals surface area contributed by atoms with Crippen LogP contribution in [0.3, 0.4) is 0 Å². The van der Waals surface area contributed by atoms with Crippen LogP contribution in [0.2, 0.25) is 0 Å². The van der Waals surface area contributed by atoms with Crippen molar-refractivity contribution < 1.29 is 38.0 Å². The molecule has 0 aromatic heterocycles. The first-order valence-electron chi connectivity index (χ1n) is 15.0. The molecular formula is C31H51NO8. The number of benzene rings is 1. The normalized spacial score (nSPS) is 24.0.